The van der Waals surface area contributed by atoms with Crippen LogP contribution in [0.15, 0.2) is 34.6 Å². The fourth-order valence-electron chi connectivity index (χ4n) is 1.82. The van der Waals surface area contributed by atoms with Gasteiger partial charge < -0.3 is 5.32 Å². The monoisotopic (exact) mass is 294 g/mol. The molecule has 4 nitrogen and oxygen atoms in total. The number of aromatic nitrogens is 3. The van der Waals surface area contributed by atoms with Gasteiger partial charge in [-0.05, 0) is 36.2 Å². The van der Waals surface area contributed by atoms with Crippen molar-refractivity contribution in [3.05, 3.63) is 35.1 Å². The van der Waals surface area contributed by atoms with E-state index in [0.717, 1.165) is 21.6 Å². The van der Waals surface area contributed by atoms with Gasteiger partial charge in [0.05, 0.1) is 5.02 Å². The molecule has 1 fully saturated rings. The van der Waals surface area contributed by atoms with Crippen molar-refractivity contribution >= 4 is 23.4 Å². The van der Waals surface area contributed by atoms with Gasteiger partial charge in [-0.25, -0.2) is 9.67 Å². The zero-order chi connectivity index (χ0) is 13.2. The van der Waals surface area contributed by atoms with Gasteiger partial charge in [0.15, 0.2) is 5.16 Å². The number of nitrogens with one attached hydrogen (secondary N) is 1. The van der Waals surface area contributed by atoms with Gasteiger partial charge in [0, 0.05) is 24.5 Å². The standard InChI is InChI=1S/C13H15ClN4S/c1-18-13(16-8-17-18)19-12-9(3-2-4-11(12)14)7-15-10-5-6-10/h2-4,8,10,15H,5-7H2,1H3. The minimum Gasteiger partial charge on any atom is -0.310 e. The van der Waals surface area contributed by atoms with Crippen LogP contribution in [0.5, 0.6) is 0 Å². The van der Waals surface area contributed by atoms with Crippen molar-refractivity contribution in [1.29, 1.82) is 0 Å². The van der Waals surface area contributed by atoms with Gasteiger partial charge in [-0.3, -0.25) is 0 Å². The molecule has 0 aliphatic heterocycles. The molecule has 100 valence electrons. The zero-order valence-electron chi connectivity index (χ0n) is 10.6. The molecule has 2 aromatic rings. The topological polar surface area (TPSA) is 42.7 Å². The summed E-state index contributed by atoms with van der Waals surface area (Å²) in [6, 6.07) is 6.71. The third kappa shape index (κ3) is 3.11. The molecule has 19 heavy (non-hydrogen) atoms. The first kappa shape index (κ1) is 13.0. The molecule has 1 aromatic carbocycles. The van der Waals surface area contributed by atoms with Crippen LogP contribution in [0.4, 0.5) is 0 Å². The molecule has 1 saturated carbocycles. The lowest BCUT2D eigenvalue weighted by molar-refractivity contribution is 0.676. The third-order valence-corrected chi connectivity index (χ3v) is 4.74. The zero-order valence-corrected chi connectivity index (χ0v) is 12.2. The molecule has 0 spiro atoms. The van der Waals surface area contributed by atoms with E-state index in [2.05, 4.69) is 21.5 Å². The van der Waals surface area contributed by atoms with Crippen molar-refractivity contribution in [2.75, 3.05) is 0 Å². The molecule has 1 N–H and O–H groups in total. The Morgan fingerprint density at radius 3 is 3.00 bits per heavy atom. The highest BCUT2D eigenvalue weighted by Crippen LogP contribution is 2.35. The summed E-state index contributed by atoms with van der Waals surface area (Å²) in [5, 5.41) is 9.22. The molecule has 0 amide bonds. The summed E-state index contributed by atoms with van der Waals surface area (Å²) in [4.78, 5) is 5.30. The van der Waals surface area contributed by atoms with E-state index in [1.165, 1.54) is 18.4 Å². The van der Waals surface area contributed by atoms with Crippen molar-refractivity contribution in [1.82, 2.24) is 20.1 Å². The summed E-state index contributed by atoms with van der Waals surface area (Å²) in [7, 11) is 1.88. The van der Waals surface area contributed by atoms with E-state index < -0.39 is 0 Å². The van der Waals surface area contributed by atoms with Crippen LogP contribution >= 0.6 is 23.4 Å². The molecule has 1 heterocycles. The third-order valence-electron chi connectivity index (χ3n) is 3.07. The molecule has 1 aliphatic carbocycles. The number of nitrogens with zero attached hydrogens (tertiary/aromatic N) is 3. The number of hydrogen-bond acceptors (Lipinski definition) is 4. The largest absolute Gasteiger partial charge is 0.310 e. The van der Waals surface area contributed by atoms with Crippen molar-refractivity contribution in [3.63, 3.8) is 0 Å². The van der Waals surface area contributed by atoms with E-state index in [1.54, 1.807) is 22.8 Å². The summed E-state index contributed by atoms with van der Waals surface area (Å²) in [6.07, 6.45) is 4.12. The lowest BCUT2D eigenvalue weighted by Gasteiger charge is -2.11. The average Bonchev–Trinajstić information content (AvgIpc) is 3.14. The Labute approximate surface area is 121 Å². The van der Waals surface area contributed by atoms with E-state index in [1.807, 2.05) is 19.2 Å². The Bertz CT molecular complexity index is 580. The predicted molar refractivity (Wildman–Crippen MR) is 76.4 cm³/mol. The number of hydrogen-bond donors (Lipinski definition) is 1. The Morgan fingerprint density at radius 1 is 1.47 bits per heavy atom. The second-order valence-corrected chi connectivity index (χ2v) is 6.04. The van der Waals surface area contributed by atoms with Crippen molar-refractivity contribution in [3.8, 4) is 0 Å². The van der Waals surface area contributed by atoms with E-state index in [0.29, 0.717) is 6.04 Å². The van der Waals surface area contributed by atoms with Crippen LogP contribution in [0, 0.1) is 0 Å². The van der Waals surface area contributed by atoms with Gasteiger partial charge in [0.25, 0.3) is 0 Å². The van der Waals surface area contributed by atoms with Crippen molar-refractivity contribution < 1.29 is 0 Å². The Morgan fingerprint density at radius 2 is 2.32 bits per heavy atom. The van der Waals surface area contributed by atoms with Gasteiger partial charge in [-0.1, -0.05) is 23.7 Å². The maximum atomic E-state index is 6.32. The van der Waals surface area contributed by atoms with Crippen LogP contribution in [-0.4, -0.2) is 20.8 Å². The number of rotatable bonds is 5. The number of benzene rings is 1. The summed E-state index contributed by atoms with van der Waals surface area (Å²) in [5.41, 5.74) is 1.22. The highest BCUT2D eigenvalue weighted by molar-refractivity contribution is 7.99. The predicted octanol–water partition coefficient (Wildman–Crippen LogP) is 2.87. The van der Waals surface area contributed by atoms with Crippen LogP contribution in [0.25, 0.3) is 0 Å². The van der Waals surface area contributed by atoms with E-state index >= 15 is 0 Å². The lowest BCUT2D eigenvalue weighted by Crippen LogP contribution is -2.15. The quantitative estimate of drug-likeness (QED) is 0.921. The van der Waals surface area contributed by atoms with Crippen LogP contribution in [-0.2, 0) is 13.6 Å². The van der Waals surface area contributed by atoms with Crippen molar-refractivity contribution in [2.24, 2.45) is 7.05 Å². The summed E-state index contributed by atoms with van der Waals surface area (Å²) < 4.78 is 1.76. The van der Waals surface area contributed by atoms with E-state index in [4.69, 9.17) is 11.6 Å². The van der Waals surface area contributed by atoms with Crippen LogP contribution in [0.2, 0.25) is 5.02 Å². The molecular formula is C13H15ClN4S. The maximum Gasteiger partial charge on any atom is 0.190 e. The van der Waals surface area contributed by atoms with Gasteiger partial charge in [0.2, 0.25) is 0 Å². The van der Waals surface area contributed by atoms with Crippen LogP contribution in [0.3, 0.4) is 0 Å². The molecule has 0 atom stereocenters. The molecule has 0 radical (unpaired) electrons. The van der Waals surface area contributed by atoms with E-state index in [-0.39, 0.29) is 0 Å². The Balaban J connectivity index is 1.83. The Hall–Kier alpha value is -1.04. The summed E-state index contributed by atoms with van der Waals surface area (Å²) in [6.45, 7) is 0.853. The first-order valence-corrected chi connectivity index (χ1v) is 7.46. The average molecular weight is 295 g/mol. The number of aryl methyl sites for hydroxylation is 1. The lowest BCUT2D eigenvalue weighted by atomic mass is 10.2. The van der Waals surface area contributed by atoms with E-state index in [9.17, 15) is 0 Å². The van der Waals surface area contributed by atoms with Gasteiger partial charge in [0.1, 0.15) is 6.33 Å². The fraction of sp³-hybridized carbons (Fsp3) is 0.385. The molecular weight excluding hydrogens is 280 g/mol. The second-order valence-electron chi connectivity index (χ2n) is 4.65. The molecule has 1 aromatic heterocycles. The smallest absolute Gasteiger partial charge is 0.190 e. The first-order valence-electron chi connectivity index (χ1n) is 6.26. The molecule has 0 unspecified atom stereocenters. The first-order chi connectivity index (χ1) is 9.24. The molecule has 3 rings (SSSR count). The van der Waals surface area contributed by atoms with Gasteiger partial charge >= 0.3 is 0 Å². The van der Waals surface area contributed by atoms with Gasteiger partial charge in [-0.15, -0.1) is 0 Å². The fourth-order valence-corrected chi connectivity index (χ4v) is 3.03. The van der Waals surface area contributed by atoms with Crippen LogP contribution < -0.4 is 5.32 Å². The number of halogens is 1. The summed E-state index contributed by atoms with van der Waals surface area (Å²) in [5.74, 6) is 0. The second kappa shape index (κ2) is 5.53. The SMILES string of the molecule is Cn1ncnc1Sc1c(Cl)cccc1CNC1CC1. The minimum absolute atomic E-state index is 0.687. The summed E-state index contributed by atoms with van der Waals surface area (Å²) >= 11 is 7.89. The molecule has 6 heteroatoms. The maximum absolute atomic E-state index is 6.32. The minimum atomic E-state index is 0.687. The molecule has 0 saturated heterocycles. The normalized spacial score (nSPS) is 14.8. The van der Waals surface area contributed by atoms with Crippen LogP contribution in [0.1, 0.15) is 18.4 Å². The molecule has 0 bridgehead atoms. The highest BCUT2D eigenvalue weighted by atomic mass is 35.5. The highest BCUT2D eigenvalue weighted by Gasteiger charge is 2.21. The molecule has 1 aliphatic rings. The Kier molecular flexibility index (Phi) is 3.77. The van der Waals surface area contributed by atoms with Gasteiger partial charge in [-0.2, -0.15) is 5.10 Å². The van der Waals surface area contributed by atoms with Crippen molar-refractivity contribution in [2.45, 2.75) is 35.5 Å².